The van der Waals surface area contributed by atoms with Crippen molar-refractivity contribution in [2.75, 3.05) is 10.6 Å². The number of benzene rings is 1. The fourth-order valence-corrected chi connectivity index (χ4v) is 5.63. The number of imidazole rings is 1. The summed E-state index contributed by atoms with van der Waals surface area (Å²) in [6, 6.07) is 1.72. The topological polar surface area (TPSA) is 131 Å². The van der Waals surface area contributed by atoms with Gasteiger partial charge < -0.3 is 21.5 Å². The first kappa shape index (κ1) is 25.6. The van der Waals surface area contributed by atoms with Crippen LogP contribution < -0.4 is 16.4 Å². The highest BCUT2D eigenvalue weighted by Gasteiger charge is 2.38. The molecule has 0 spiro atoms. The summed E-state index contributed by atoms with van der Waals surface area (Å²) < 4.78 is 30.1. The minimum Gasteiger partial charge on any atom is -0.393 e. The summed E-state index contributed by atoms with van der Waals surface area (Å²) in [4.78, 5) is 25.8. The van der Waals surface area contributed by atoms with Gasteiger partial charge in [0.2, 0.25) is 17.8 Å². The van der Waals surface area contributed by atoms with Crippen LogP contribution in [0.15, 0.2) is 18.3 Å². The molecule has 2 aliphatic rings. The monoisotopic (exact) mass is 533 g/mol. The largest absolute Gasteiger partial charge is 0.393 e. The van der Waals surface area contributed by atoms with E-state index in [9.17, 15) is 18.7 Å². The number of primary amides is 1. The van der Waals surface area contributed by atoms with Crippen LogP contribution in [0.25, 0.3) is 11.2 Å². The lowest BCUT2D eigenvalue weighted by atomic mass is 9.73. The third-order valence-electron chi connectivity index (χ3n) is 7.67. The molecule has 12 heteroatoms. The number of carbonyl (C=O) groups is 1. The zero-order valence-corrected chi connectivity index (χ0v) is 21.2. The van der Waals surface area contributed by atoms with Crippen molar-refractivity contribution in [1.29, 1.82) is 0 Å². The number of amides is 1. The maximum Gasteiger partial charge on any atom is 0.224 e. The molecule has 0 radical (unpaired) electrons. The molecule has 2 aromatic heterocycles. The Balaban J connectivity index is 1.52. The number of aliphatic hydroxyl groups is 1. The van der Waals surface area contributed by atoms with Crippen LogP contribution in [0.4, 0.5) is 26.4 Å². The first-order valence-corrected chi connectivity index (χ1v) is 12.9. The van der Waals surface area contributed by atoms with E-state index in [2.05, 4.69) is 20.6 Å². The van der Waals surface area contributed by atoms with E-state index in [1.54, 1.807) is 6.20 Å². The Morgan fingerprint density at radius 1 is 1.22 bits per heavy atom. The summed E-state index contributed by atoms with van der Waals surface area (Å²) in [6.07, 6.45) is 6.86. The molecule has 2 atom stereocenters. The number of fused-ring (bicyclic) bond motifs is 1. The van der Waals surface area contributed by atoms with Crippen LogP contribution in [0.5, 0.6) is 0 Å². The normalized spacial score (nSPS) is 26.2. The van der Waals surface area contributed by atoms with Crippen LogP contribution in [0.2, 0.25) is 5.02 Å². The molecule has 1 aromatic carbocycles. The second kappa shape index (κ2) is 10.0. The predicted octanol–water partition coefficient (Wildman–Crippen LogP) is 4.82. The number of nitrogens with two attached hydrogens (primary N) is 1. The smallest absolute Gasteiger partial charge is 0.224 e. The van der Waals surface area contributed by atoms with Gasteiger partial charge >= 0.3 is 0 Å². The van der Waals surface area contributed by atoms with Gasteiger partial charge in [-0.05, 0) is 57.4 Å². The fourth-order valence-electron chi connectivity index (χ4n) is 5.39. The van der Waals surface area contributed by atoms with Gasteiger partial charge in [-0.2, -0.15) is 4.98 Å². The number of halogens is 3. The number of carbonyl (C=O) groups excluding carboxylic acids is 1. The van der Waals surface area contributed by atoms with Crippen molar-refractivity contribution in [3.63, 3.8) is 0 Å². The van der Waals surface area contributed by atoms with E-state index in [0.29, 0.717) is 49.2 Å². The molecule has 1 amide bonds. The van der Waals surface area contributed by atoms with E-state index in [-0.39, 0.29) is 40.8 Å². The number of aromatic nitrogens is 4. The molecule has 37 heavy (non-hydrogen) atoms. The Labute approximate surface area is 217 Å². The minimum atomic E-state index is -0.849. The molecule has 198 valence electrons. The van der Waals surface area contributed by atoms with E-state index < -0.39 is 17.0 Å². The molecule has 2 fully saturated rings. The van der Waals surface area contributed by atoms with Crippen molar-refractivity contribution in [3.05, 3.63) is 35.0 Å². The average molecular weight is 534 g/mol. The molecule has 9 nitrogen and oxygen atoms in total. The number of aliphatic hydroxyl groups excluding tert-OH is 1. The summed E-state index contributed by atoms with van der Waals surface area (Å²) >= 11 is 6.15. The van der Waals surface area contributed by atoms with Crippen LogP contribution in [0, 0.1) is 17.0 Å². The quantitative estimate of drug-likeness (QED) is 0.357. The molecular weight excluding hydrogens is 504 g/mol. The van der Waals surface area contributed by atoms with Crippen LogP contribution >= 0.6 is 11.6 Å². The molecule has 0 bridgehead atoms. The van der Waals surface area contributed by atoms with Crippen molar-refractivity contribution in [2.45, 2.75) is 76.5 Å². The van der Waals surface area contributed by atoms with Gasteiger partial charge in [-0.1, -0.05) is 18.5 Å². The highest BCUT2D eigenvalue weighted by atomic mass is 35.5. The van der Waals surface area contributed by atoms with Crippen molar-refractivity contribution in [3.8, 4) is 0 Å². The van der Waals surface area contributed by atoms with Crippen molar-refractivity contribution in [2.24, 2.45) is 11.1 Å². The molecule has 5 rings (SSSR count). The second-order valence-electron chi connectivity index (χ2n) is 10.4. The first-order chi connectivity index (χ1) is 17.6. The van der Waals surface area contributed by atoms with Crippen LogP contribution in [0.1, 0.15) is 64.3 Å². The molecule has 0 aliphatic heterocycles. The Kier molecular flexibility index (Phi) is 6.93. The lowest BCUT2D eigenvalue weighted by Gasteiger charge is -2.35. The minimum absolute atomic E-state index is 0.0493. The van der Waals surface area contributed by atoms with Gasteiger partial charge in [-0.15, -0.1) is 0 Å². The van der Waals surface area contributed by atoms with Gasteiger partial charge in [0, 0.05) is 23.6 Å². The summed E-state index contributed by atoms with van der Waals surface area (Å²) in [6.45, 7) is 1.87. The van der Waals surface area contributed by atoms with Crippen molar-refractivity contribution >= 4 is 46.3 Å². The average Bonchev–Trinajstić information content (AvgIpc) is 3.19. The molecule has 3 aromatic rings. The number of nitrogens with one attached hydrogen (secondary N) is 2. The summed E-state index contributed by atoms with van der Waals surface area (Å²) in [7, 11) is 0. The van der Waals surface area contributed by atoms with E-state index in [0.717, 1.165) is 31.4 Å². The van der Waals surface area contributed by atoms with Crippen molar-refractivity contribution < 1.29 is 18.7 Å². The van der Waals surface area contributed by atoms with Gasteiger partial charge in [0.25, 0.3) is 0 Å². The maximum atomic E-state index is 14.6. The lowest BCUT2D eigenvalue weighted by molar-refractivity contribution is -0.128. The highest BCUT2D eigenvalue weighted by molar-refractivity contribution is 6.33. The van der Waals surface area contributed by atoms with E-state index in [1.165, 1.54) is 0 Å². The second-order valence-corrected chi connectivity index (χ2v) is 10.8. The molecule has 0 saturated heterocycles. The third kappa shape index (κ3) is 5.19. The zero-order valence-electron chi connectivity index (χ0n) is 20.5. The number of anilines is 3. The number of hydrogen-bond donors (Lipinski definition) is 4. The van der Waals surface area contributed by atoms with Gasteiger partial charge in [-0.3, -0.25) is 9.36 Å². The van der Waals surface area contributed by atoms with Crippen LogP contribution in [0.3, 0.4) is 0 Å². The molecule has 0 unspecified atom stereocenters. The van der Waals surface area contributed by atoms with Gasteiger partial charge in [-0.25, -0.2) is 18.7 Å². The Bertz CT molecular complexity index is 1300. The van der Waals surface area contributed by atoms with E-state index in [4.69, 9.17) is 22.3 Å². The maximum absolute atomic E-state index is 14.6. The first-order valence-electron chi connectivity index (χ1n) is 12.5. The van der Waals surface area contributed by atoms with Crippen LogP contribution in [-0.4, -0.2) is 42.7 Å². The van der Waals surface area contributed by atoms with Crippen LogP contribution in [-0.2, 0) is 4.79 Å². The van der Waals surface area contributed by atoms with Crippen molar-refractivity contribution in [1.82, 2.24) is 19.5 Å². The summed E-state index contributed by atoms with van der Waals surface area (Å²) in [5.41, 5.74) is 5.97. The van der Waals surface area contributed by atoms with E-state index in [1.807, 2.05) is 11.5 Å². The standard InChI is InChI=1S/C25H30ClF2N7O2/c1-25(22(29)37)7-5-15(6-8-25)35-21-19(12-30-23(34-21)31-14-3-2-4-16(36)11-14)32-24(35)33-20-17(26)9-13(27)10-18(20)28/h9-10,12,14-16,36H,2-8,11H2,1H3,(H2,29,37)(H,32,33)(H,30,31,34)/t14-,15-,16+,25+/m1/s1. The fraction of sp³-hybridized carbons (Fsp3) is 0.520. The number of nitrogens with zero attached hydrogens (tertiary/aromatic N) is 4. The number of rotatable bonds is 6. The number of hydrogen-bond acceptors (Lipinski definition) is 7. The van der Waals surface area contributed by atoms with Gasteiger partial charge in [0.05, 0.1) is 23.0 Å². The van der Waals surface area contributed by atoms with Gasteiger partial charge in [0.1, 0.15) is 11.3 Å². The molecule has 2 heterocycles. The summed E-state index contributed by atoms with van der Waals surface area (Å²) in [5, 5.41) is 16.2. The Hall–Kier alpha value is -3.05. The molecule has 2 aliphatic carbocycles. The van der Waals surface area contributed by atoms with Gasteiger partial charge in [0.15, 0.2) is 11.5 Å². The molecule has 5 N–H and O–H groups in total. The molecule has 2 saturated carbocycles. The SMILES string of the molecule is C[C@]1(C(N)=O)CC[C@@H](n2c(Nc3c(F)cc(F)cc3Cl)nc3cnc(N[C@@H]4CCC[C@H](O)C4)nc32)CC1. The zero-order chi connectivity index (χ0) is 26.3. The molecular formula is C25H30ClF2N7O2. The lowest BCUT2D eigenvalue weighted by Crippen LogP contribution is -2.38. The Morgan fingerprint density at radius 3 is 2.65 bits per heavy atom. The van der Waals surface area contributed by atoms with E-state index >= 15 is 0 Å². The highest BCUT2D eigenvalue weighted by Crippen LogP contribution is 2.43. The third-order valence-corrected chi connectivity index (χ3v) is 7.97. The summed E-state index contributed by atoms with van der Waals surface area (Å²) in [5.74, 6) is -1.27. The Morgan fingerprint density at radius 2 is 1.97 bits per heavy atom. The predicted molar refractivity (Wildman–Crippen MR) is 137 cm³/mol.